The van der Waals surface area contributed by atoms with Crippen LogP contribution in [0.5, 0.6) is 11.5 Å². The minimum atomic E-state index is -0.236. The number of carbonyl (C=O) groups excluding carboxylic acids is 1. The van der Waals surface area contributed by atoms with E-state index in [2.05, 4.69) is 4.90 Å². The van der Waals surface area contributed by atoms with Crippen LogP contribution in [0.2, 0.25) is 0 Å². The molecule has 0 bridgehead atoms. The standard InChI is InChI=1S/C24H36N2O4/c1-30-23-9-8-17(12-22(23)28)6-2-3-7-24(29)26-15-18-13-20(25-10-4-5-11-25)21(27)14-19(18)16-26/h8-9,12,18-21,27-28H,2-7,10-11,13-16H2,1H3/t18-,19+,20-,21-/m1/s1. The van der Waals surface area contributed by atoms with Gasteiger partial charge in [-0.15, -0.1) is 0 Å². The van der Waals surface area contributed by atoms with Crippen LogP contribution in [0.3, 0.4) is 0 Å². The van der Waals surface area contributed by atoms with Crippen molar-refractivity contribution in [2.45, 2.75) is 63.5 Å². The molecule has 1 saturated carbocycles. The molecule has 2 saturated heterocycles. The number of amides is 1. The van der Waals surface area contributed by atoms with Crippen LogP contribution >= 0.6 is 0 Å². The Balaban J connectivity index is 1.21. The zero-order chi connectivity index (χ0) is 21.1. The molecule has 2 N–H and O–H groups in total. The molecular weight excluding hydrogens is 380 g/mol. The van der Waals surface area contributed by atoms with Crippen molar-refractivity contribution in [3.8, 4) is 11.5 Å². The number of hydrogen-bond donors (Lipinski definition) is 2. The number of methoxy groups -OCH3 is 1. The average molecular weight is 417 g/mol. The summed E-state index contributed by atoms with van der Waals surface area (Å²) in [6.07, 6.45) is 7.35. The second-order valence-electron chi connectivity index (χ2n) is 9.38. The zero-order valence-electron chi connectivity index (χ0n) is 18.1. The number of fused-ring (bicyclic) bond motifs is 1. The Hall–Kier alpha value is -1.79. The summed E-state index contributed by atoms with van der Waals surface area (Å²) in [5.41, 5.74) is 1.06. The topological polar surface area (TPSA) is 73.2 Å². The van der Waals surface area contributed by atoms with Crippen molar-refractivity contribution in [3.63, 3.8) is 0 Å². The van der Waals surface area contributed by atoms with Gasteiger partial charge in [0.2, 0.25) is 5.91 Å². The summed E-state index contributed by atoms with van der Waals surface area (Å²) < 4.78 is 5.08. The Morgan fingerprint density at radius 1 is 1.13 bits per heavy atom. The van der Waals surface area contributed by atoms with Gasteiger partial charge in [0.05, 0.1) is 13.2 Å². The summed E-state index contributed by atoms with van der Waals surface area (Å²) in [5.74, 6) is 1.92. The van der Waals surface area contributed by atoms with Crippen molar-refractivity contribution in [3.05, 3.63) is 23.8 Å². The molecule has 4 atom stereocenters. The van der Waals surface area contributed by atoms with E-state index in [9.17, 15) is 15.0 Å². The van der Waals surface area contributed by atoms with Crippen molar-refractivity contribution in [2.24, 2.45) is 11.8 Å². The Bertz CT molecular complexity index is 734. The third-order valence-corrected chi connectivity index (χ3v) is 7.42. The molecule has 1 aromatic carbocycles. The molecule has 0 spiro atoms. The lowest BCUT2D eigenvalue weighted by molar-refractivity contribution is -0.130. The predicted octanol–water partition coefficient (Wildman–Crippen LogP) is 2.81. The van der Waals surface area contributed by atoms with Crippen LogP contribution in [0, 0.1) is 11.8 Å². The third kappa shape index (κ3) is 4.75. The van der Waals surface area contributed by atoms with Crippen LogP contribution in [-0.4, -0.2) is 71.4 Å². The smallest absolute Gasteiger partial charge is 0.222 e. The molecule has 1 aromatic rings. The highest BCUT2D eigenvalue weighted by molar-refractivity contribution is 5.76. The maximum absolute atomic E-state index is 12.8. The van der Waals surface area contributed by atoms with E-state index in [1.165, 1.54) is 12.8 Å². The second-order valence-corrected chi connectivity index (χ2v) is 9.38. The summed E-state index contributed by atoms with van der Waals surface area (Å²) in [5, 5.41) is 20.5. The number of phenols is 1. The van der Waals surface area contributed by atoms with E-state index in [4.69, 9.17) is 4.74 Å². The van der Waals surface area contributed by atoms with Gasteiger partial charge in [-0.1, -0.05) is 6.07 Å². The molecule has 3 aliphatic rings. The highest BCUT2D eigenvalue weighted by Crippen LogP contribution is 2.39. The van der Waals surface area contributed by atoms with Gasteiger partial charge in [-0.3, -0.25) is 9.69 Å². The van der Waals surface area contributed by atoms with E-state index in [1.807, 2.05) is 11.0 Å². The van der Waals surface area contributed by atoms with E-state index >= 15 is 0 Å². The van der Waals surface area contributed by atoms with E-state index < -0.39 is 0 Å². The Morgan fingerprint density at radius 2 is 1.87 bits per heavy atom. The van der Waals surface area contributed by atoms with Crippen LogP contribution in [0.1, 0.15) is 50.5 Å². The number of aliphatic hydroxyl groups excluding tert-OH is 1. The van der Waals surface area contributed by atoms with E-state index in [0.29, 0.717) is 30.0 Å². The monoisotopic (exact) mass is 416 g/mol. The lowest BCUT2D eigenvalue weighted by Gasteiger charge is -2.40. The number of benzene rings is 1. The minimum absolute atomic E-state index is 0.167. The van der Waals surface area contributed by atoms with Gasteiger partial charge in [-0.25, -0.2) is 0 Å². The lowest BCUT2D eigenvalue weighted by Crippen LogP contribution is -2.48. The fraction of sp³-hybridized carbons (Fsp3) is 0.708. The zero-order valence-corrected chi connectivity index (χ0v) is 18.1. The molecule has 6 nitrogen and oxygen atoms in total. The summed E-state index contributed by atoms with van der Waals surface area (Å²) >= 11 is 0. The van der Waals surface area contributed by atoms with Crippen molar-refractivity contribution in [1.29, 1.82) is 0 Å². The average Bonchev–Trinajstić information content (AvgIpc) is 3.40. The molecule has 1 amide bonds. The molecule has 6 heteroatoms. The molecule has 0 radical (unpaired) electrons. The molecule has 30 heavy (non-hydrogen) atoms. The minimum Gasteiger partial charge on any atom is -0.504 e. The van der Waals surface area contributed by atoms with Crippen molar-refractivity contribution in [1.82, 2.24) is 9.80 Å². The Labute approximate surface area is 179 Å². The first-order chi connectivity index (χ1) is 14.5. The van der Waals surface area contributed by atoms with Crippen LogP contribution in [0.25, 0.3) is 0 Å². The van der Waals surface area contributed by atoms with Gasteiger partial charge in [0.1, 0.15) is 0 Å². The lowest BCUT2D eigenvalue weighted by atomic mass is 9.77. The molecule has 2 aliphatic heterocycles. The van der Waals surface area contributed by atoms with E-state index in [1.54, 1.807) is 19.2 Å². The predicted molar refractivity (Wildman–Crippen MR) is 116 cm³/mol. The quantitative estimate of drug-likeness (QED) is 0.669. The molecule has 166 valence electrons. The number of aromatic hydroxyl groups is 1. The van der Waals surface area contributed by atoms with Gasteiger partial charge < -0.3 is 19.8 Å². The van der Waals surface area contributed by atoms with Crippen LogP contribution < -0.4 is 4.74 Å². The highest BCUT2D eigenvalue weighted by atomic mass is 16.5. The first kappa shape index (κ1) is 21.4. The Morgan fingerprint density at radius 3 is 2.57 bits per heavy atom. The van der Waals surface area contributed by atoms with Gasteiger partial charge >= 0.3 is 0 Å². The Kier molecular flexibility index (Phi) is 6.84. The fourth-order valence-corrected chi connectivity index (χ4v) is 5.73. The number of hydrogen-bond acceptors (Lipinski definition) is 5. The van der Waals surface area contributed by atoms with Crippen molar-refractivity contribution < 1.29 is 19.7 Å². The summed E-state index contributed by atoms with van der Waals surface area (Å²) in [6, 6.07) is 5.79. The highest BCUT2D eigenvalue weighted by Gasteiger charge is 2.44. The summed E-state index contributed by atoms with van der Waals surface area (Å²) in [4.78, 5) is 17.3. The molecule has 1 aliphatic carbocycles. The number of nitrogens with zero attached hydrogens (tertiary/aromatic N) is 2. The first-order valence-electron chi connectivity index (χ1n) is 11.6. The number of ether oxygens (including phenoxy) is 1. The first-order valence-corrected chi connectivity index (χ1v) is 11.6. The number of likely N-dealkylation sites (tertiary alicyclic amines) is 2. The van der Waals surface area contributed by atoms with Crippen LogP contribution in [0.15, 0.2) is 18.2 Å². The van der Waals surface area contributed by atoms with Crippen LogP contribution in [-0.2, 0) is 11.2 Å². The number of carbonyl (C=O) groups is 1. The van der Waals surface area contributed by atoms with Gasteiger partial charge in [-0.2, -0.15) is 0 Å². The second kappa shape index (κ2) is 9.56. The summed E-state index contributed by atoms with van der Waals surface area (Å²) in [6.45, 7) is 3.92. The van der Waals surface area contributed by atoms with E-state index in [-0.39, 0.29) is 17.8 Å². The number of rotatable bonds is 7. The maximum Gasteiger partial charge on any atom is 0.222 e. The molecular formula is C24H36N2O4. The van der Waals surface area contributed by atoms with Crippen molar-refractivity contribution >= 4 is 5.91 Å². The number of aliphatic hydroxyl groups is 1. The number of phenolic OH excluding ortho intramolecular Hbond substituents is 1. The maximum atomic E-state index is 12.8. The van der Waals surface area contributed by atoms with Gasteiger partial charge in [0, 0.05) is 25.6 Å². The van der Waals surface area contributed by atoms with E-state index in [0.717, 1.165) is 63.8 Å². The molecule has 0 aromatic heterocycles. The fourth-order valence-electron chi connectivity index (χ4n) is 5.73. The van der Waals surface area contributed by atoms with Crippen molar-refractivity contribution in [2.75, 3.05) is 33.3 Å². The van der Waals surface area contributed by atoms with Gasteiger partial charge in [0.15, 0.2) is 11.5 Å². The largest absolute Gasteiger partial charge is 0.504 e. The molecule has 0 unspecified atom stereocenters. The molecule has 2 heterocycles. The van der Waals surface area contributed by atoms with Gasteiger partial charge in [0.25, 0.3) is 0 Å². The van der Waals surface area contributed by atoms with Gasteiger partial charge in [-0.05, 0) is 87.6 Å². The summed E-state index contributed by atoms with van der Waals surface area (Å²) in [7, 11) is 1.54. The molecule has 4 rings (SSSR count). The number of unbranched alkanes of at least 4 members (excludes halogenated alkanes) is 1. The SMILES string of the molecule is COc1ccc(CCCCC(=O)N2C[C@H]3C[C@@H](N4CCCC4)[C@H](O)C[C@H]3C2)cc1O. The number of aryl methyl sites for hydroxylation is 1. The molecule has 3 fully saturated rings. The van der Waals surface area contributed by atoms with Crippen LogP contribution in [0.4, 0.5) is 0 Å². The third-order valence-electron chi connectivity index (χ3n) is 7.42. The normalized spacial score (nSPS) is 29.2.